The fourth-order valence-electron chi connectivity index (χ4n) is 3.97. The van der Waals surface area contributed by atoms with Crippen LogP contribution in [-0.2, 0) is 14.3 Å². The molecule has 0 amide bonds. The van der Waals surface area contributed by atoms with Gasteiger partial charge in [-0.1, -0.05) is 6.08 Å². The van der Waals surface area contributed by atoms with E-state index in [1.165, 1.54) is 6.26 Å². The number of ether oxygens (including phenoxy) is 2. The molecule has 6 nitrogen and oxygen atoms in total. The Balaban J connectivity index is 1.79. The highest BCUT2D eigenvalue weighted by atomic mass is 16.6. The van der Waals surface area contributed by atoms with Crippen LogP contribution in [-0.4, -0.2) is 23.7 Å². The van der Waals surface area contributed by atoms with Crippen molar-refractivity contribution in [3.63, 3.8) is 0 Å². The lowest BCUT2D eigenvalue weighted by Crippen LogP contribution is -2.08. The van der Waals surface area contributed by atoms with Crippen LogP contribution in [0.3, 0.4) is 0 Å². The van der Waals surface area contributed by atoms with Crippen LogP contribution >= 0.6 is 0 Å². The lowest BCUT2D eigenvalue weighted by atomic mass is 9.85. The van der Waals surface area contributed by atoms with Gasteiger partial charge in [0.15, 0.2) is 6.10 Å². The maximum Gasteiger partial charge on any atom is 0.339 e. The zero-order chi connectivity index (χ0) is 18.0. The molecule has 0 radical (unpaired) electrons. The van der Waals surface area contributed by atoms with E-state index in [1.54, 1.807) is 30.5 Å². The van der Waals surface area contributed by atoms with E-state index in [1.807, 2.05) is 6.92 Å². The molecular weight excluding hydrogens is 336 g/mol. The maximum atomic E-state index is 12.5. The number of fused-ring (bicyclic) bond motifs is 3. The van der Waals surface area contributed by atoms with Gasteiger partial charge in [-0.05, 0) is 41.8 Å². The number of hydrogen-bond acceptors (Lipinski definition) is 6. The van der Waals surface area contributed by atoms with Gasteiger partial charge in [0.05, 0.1) is 29.8 Å². The topological polar surface area (TPSA) is 86.0 Å². The van der Waals surface area contributed by atoms with Gasteiger partial charge in [0, 0.05) is 16.7 Å². The number of benzene rings is 1. The molecule has 0 fully saturated rings. The van der Waals surface area contributed by atoms with Gasteiger partial charge in [-0.2, -0.15) is 0 Å². The Labute approximate surface area is 148 Å². The number of esters is 2. The van der Waals surface area contributed by atoms with Crippen LogP contribution in [0.15, 0.2) is 46.8 Å². The van der Waals surface area contributed by atoms with Crippen molar-refractivity contribution < 1.29 is 28.6 Å². The minimum atomic E-state index is -0.894. The fraction of sp³-hybridized carbons (Fsp3) is 0.200. The van der Waals surface area contributed by atoms with E-state index < -0.39 is 24.1 Å². The van der Waals surface area contributed by atoms with E-state index in [2.05, 4.69) is 0 Å². The molecule has 2 aromatic rings. The molecule has 26 heavy (non-hydrogen) atoms. The second-order valence-corrected chi connectivity index (χ2v) is 6.54. The highest BCUT2D eigenvalue weighted by Gasteiger charge is 2.39. The van der Waals surface area contributed by atoms with Crippen LogP contribution in [0.1, 0.15) is 50.4 Å². The fourth-order valence-corrected chi connectivity index (χ4v) is 3.97. The summed E-state index contributed by atoms with van der Waals surface area (Å²) in [4.78, 5) is 24.4. The van der Waals surface area contributed by atoms with Crippen molar-refractivity contribution in [2.75, 3.05) is 6.61 Å². The summed E-state index contributed by atoms with van der Waals surface area (Å²) in [5.74, 6) is -0.857. The van der Waals surface area contributed by atoms with Crippen molar-refractivity contribution in [1.82, 2.24) is 0 Å². The normalized spacial score (nSPS) is 23.3. The first-order chi connectivity index (χ1) is 12.6. The number of carbonyl (C=O) groups excluding carboxylic acids is 2. The predicted molar refractivity (Wildman–Crippen MR) is 89.1 cm³/mol. The Kier molecular flexibility index (Phi) is 3.02. The standard InChI is InChI=1S/C20H14O6/c1-9-16-12(14-8-25-19(22)11(14)2-3-15(16)21)6-13-17(9)18(26-20(13)23)10-4-5-24-7-10/h2-7,15,18,21H,8H2,1H3. The molecule has 0 saturated heterocycles. The molecule has 0 spiro atoms. The van der Waals surface area contributed by atoms with Gasteiger partial charge >= 0.3 is 11.9 Å². The van der Waals surface area contributed by atoms with Crippen molar-refractivity contribution in [2.45, 2.75) is 19.1 Å². The largest absolute Gasteiger partial charge is 0.472 e. The molecule has 1 aromatic heterocycles. The van der Waals surface area contributed by atoms with Crippen LogP contribution in [0.5, 0.6) is 0 Å². The summed E-state index contributed by atoms with van der Waals surface area (Å²) in [6.07, 6.45) is 4.75. The minimum Gasteiger partial charge on any atom is -0.472 e. The summed E-state index contributed by atoms with van der Waals surface area (Å²) in [6.45, 7) is 1.98. The van der Waals surface area contributed by atoms with Crippen molar-refractivity contribution in [2.24, 2.45) is 0 Å². The average molecular weight is 350 g/mol. The van der Waals surface area contributed by atoms with E-state index >= 15 is 0 Å². The number of aliphatic hydroxyl groups excluding tert-OH is 1. The summed E-state index contributed by atoms with van der Waals surface area (Å²) < 4.78 is 15.8. The Morgan fingerprint density at radius 3 is 2.77 bits per heavy atom. The third-order valence-corrected chi connectivity index (χ3v) is 5.19. The van der Waals surface area contributed by atoms with Crippen molar-refractivity contribution in [1.29, 1.82) is 0 Å². The summed E-state index contributed by atoms with van der Waals surface area (Å²) >= 11 is 0. The summed E-state index contributed by atoms with van der Waals surface area (Å²) in [5, 5.41) is 10.7. The Hall–Kier alpha value is -3.12. The molecule has 2 aliphatic heterocycles. The van der Waals surface area contributed by atoms with Crippen molar-refractivity contribution >= 4 is 17.5 Å². The van der Waals surface area contributed by atoms with Gasteiger partial charge in [0.25, 0.3) is 0 Å². The molecule has 3 aliphatic rings. The Morgan fingerprint density at radius 1 is 1.15 bits per heavy atom. The van der Waals surface area contributed by atoms with Crippen LogP contribution in [0.4, 0.5) is 0 Å². The molecule has 6 heteroatoms. The monoisotopic (exact) mass is 350 g/mol. The first-order valence-electron chi connectivity index (χ1n) is 8.23. The maximum absolute atomic E-state index is 12.5. The minimum absolute atomic E-state index is 0.122. The summed E-state index contributed by atoms with van der Waals surface area (Å²) in [5.41, 5.74) is 5.07. The Bertz CT molecular complexity index is 1030. The number of furan rings is 1. The SMILES string of the molecule is Cc1c2c(cc3c1C(c1ccoc1)OC3=O)C1=C(C=CC2O)C(=O)OC1. The molecule has 1 aliphatic carbocycles. The van der Waals surface area contributed by atoms with E-state index in [-0.39, 0.29) is 6.61 Å². The predicted octanol–water partition coefficient (Wildman–Crippen LogP) is 2.76. The summed E-state index contributed by atoms with van der Waals surface area (Å²) in [6, 6.07) is 3.45. The van der Waals surface area contributed by atoms with E-state index in [9.17, 15) is 14.7 Å². The zero-order valence-electron chi connectivity index (χ0n) is 13.8. The van der Waals surface area contributed by atoms with Crippen LogP contribution < -0.4 is 0 Å². The highest BCUT2D eigenvalue weighted by Crippen LogP contribution is 2.45. The van der Waals surface area contributed by atoms with Crippen LogP contribution in [0.2, 0.25) is 0 Å². The molecular formula is C20H14O6. The zero-order valence-corrected chi connectivity index (χ0v) is 13.8. The number of hydrogen-bond donors (Lipinski definition) is 1. The van der Waals surface area contributed by atoms with E-state index in [0.717, 1.165) is 16.7 Å². The molecule has 130 valence electrons. The van der Waals surface area contributed by atoms with E-state index in [0.29, 0.717) is 27.8 Å². The first-order valence-corrected chi connectivity index (χ1v) is 8.23. The third kappa shape index (κ3) is 1.90. The van der Waals surface area contributed by atoms with Crippen molar-refractivity contribution in [3.8, 4) is 0 Å². The molecule has 2 unspecified atom stereocenters. The van der Waals surface area contributed by atoms with Gasteiger partial charge in [-0.25, -0.2) is 9.59 Å². The number of rotatable bonds is 1. The molecule has 0 bridgehead atoms. The molecule has 1 N–H and O–H groups in total. The second kappa shape index (κ2) is 5.19. The summed E-state index contributed by atoms with van der Waals surface area (Å²) in [7, 11) is 0. The van der Waals surface area contributed by atoms with Crippen molar-refractivity contribution in [3.05, 3.63) is 75.8 Å². The molecule has 0 saturated carbocycles. The van der Waals surface area contributed by atoms with Gasteiger partial charge < -0.3 is 19.0 Å². The molecule has 1 aromatic carbocycles. The quantitative estimate of drug-likeness (QED) is 0.796. The number of carbonyl (C=O) groups is 2. The lowest BCUT2D eigenvalue weighted by molar-refractivity contribution is -0.135. The van der Waals surface area contributed by atoms with E-state index in [4.69, 9.17) is 13.9 Å². The van der Waals surface area contributed by atoms with Gasteiger partial charge in [0.2, 0.25) is 0 Å². The smallest absolute Gasteiger partial charge is 0.339 e. The van der Waals surface area contributed by atoms with Crippen LogP contribution in [0.25, 0.3) is 5.57 Å². The van der Waals surface area contributed by atoms with Gasteiger partial charge in [0.1, 0.15) is 6.61 Å². The highest BCUT2D eigenvalue weighted by molar-refractivity contribution is 6.06. The lowest BCUT2D eigenvalue weighted by Gasteiger charge is -2.19. The van der Waals surface area contributed by atoms with Crippen LogP contribution in [0, 0.1) is 6.92 Å². The van der Waals surface area contributed by atoms with Gasteiger partial charge in [-0.3, -0.25) is 0 Å². The molecule has 5 rings (SSSR count). The molecule has 3 heterocycles. The second-order valence-electron chi connectivity index (χ2n) is 6.54. The Morgan fingerprint density at radius 2 is 2.00 bits per heavy atom. The average Bonchev–Trinajstić information content (AvgIpc) is 3.30. The number of cyclic esters (lactones) is 2. The first kappa shape index (κ1) is 15.2. The molecule has 2 atom stereocenters. The third-order valence-electron chi connectivity index (χ3n) is 5.19. The number of aliphatic hydroxyl groups is 1. The van der Waals surface area contributed by atoms with Gasteiger partial charge in [-0.15, -0.1) is 0 Å².